The molecule has 0 atom stereocenters. The van der Waals surface area contributed by atoms with Gasteiger partial charge in [-0.1, -0.05) is 36.4 Å². The molecule has 0 spiro atoms. The molecular weight excluding hydrogens is 269 g/mol. The molecular formula is C16H16FN3O. The van der Waals surface area contributed by atoms with E-state index in [-0.39, 0.29) is 24.0 Å². The fourth-order valence-corrected chi connectivity index (χ4v) is 1.68. The average molecular weight is 285 g/mol. The Morgan fingerprint density at radius 2 is 1.76 bits per heavy atom. The van der Waals surface area contributed by atoms with Gasteiger partial charge in [-0.25, -0.2) is 4.39 Å². The van der Waals surface area contributed by atoms with Crippen LogP contribution in [0.3, 0.4) is 0 Å². The van der Waals surface area contributed by atoms with E-state index < -0.39 is 0 Å². The Bertz CT molecular complexity index is 641. The molecule has 0 saturated heterocycles. The number of nitrogens with zero attached hydrogens (tertiary/aromatic N) is 1. The number of benzene rings is 2. The second-order valence-corrected chi connectivity index (χ2v) is 4.43. The van der Waals surface area contributed by atoms with Gasteiger partial charge in [0.25, 0.3) is 0 Å². The SMILES string of the molecule is CC(=O)C(=NCc1ccccc1F)NNc1ccccc1. The summed E-state index contributed by atoms with van der Waals surface area (Å²) in [5, 5.41) is 0. The molecule has 0 amide bonds. The van der Waals surface area contributed by atoms with E-state index in [0.29, 0.717) is 5.56 Å². The van der Waals surface area contributed by atoms with Crippen molar-refractivity contribution in [3.63, 3.8) is 0 Å². The first-order valence-electron chi connectivity index (χ1n) is 6.52. The van der Waals surface area contributed by atoms with Crippen LogP contribution in [0.5, 0.6) is 0 Å². The van der Waals surface area contributed by atoms with Gasteiger partial charge in [0.05, 0.1) is 12.2 Å². The highest BCUT2D eigenvalue weighted by Crippen LogP contribution is 2.08. The number of anilines is 1. The molecule has 0 heterocycles. The highest BCUT2D eigenvalue weighted by molar-refractivity contribution is 6.38. The maximum absolute atomic E-state index is 13.5. The smallest absolute Gasteiger partial charge is 0.196 e. The lowest BCUT2D eigenvalue weighted by Gasteiger charge is -2.10. The van der Waals surface area contributed by atoms with Gasteiger partial charge in [-0.05, 0) is 18.2 Å². The Morgan fingerprint density at radius 1 is 1.10 bits per heavy atom. The quantitative estimate of drug-likeness (QED) is 0.504. The Balaban J connectivity index is 2.03. The molecule has 0 radical (unpaired) electrons. The number of carbonyl (C=O) groups excluding carboxylic acids is 1. The first kappa shape index (κ1) is 14.7. The largest absolute Gasteiger partial charge is 0.300 e. The number of hydrazine groups is 1. The number of hydrogen-bond donors (Lipinski definition) is 2. The van der Waals surface area contributed by atoms with Crippen LogP contribution in [-0.4, -0.2) is 11.6 Å². The van der Waals surface area contributed by atoms with Crippen LogP contribution < -0.4 is 10.9 Å². The summed E-state index contributed by atoms with van der Waals surface area (Å²) in [4.78, 5) is 15.7. The number of rotatable bonds is 5. The monoisotopic (exact) mass is 285 g/mol. The molecule has 21 heavy (non-hydrogen) atoms. The highest BCUT2D eigenvalue weighted by Gasteiger charge is 2.06. The molecule has 0 saturated carbocycles. The molecule has 0 aliphatic heterocycles. The van der Waals surface area contributed by atoms with Crippen LogP contribution in [0.25, 0.3) is 0 Å². The molecule has 0 fully saturated rings. The average Bonchev–Trinajstić information content (AvgIpc) is 2.49. The molecule has 0 unspecified atom stereocenters. The summed E-state index contributed by atoms with van der Waals surface area (Å²) < 4.78 is 13.5. The van der Waals surface area contributed by atoms with Crippen molar-refractivity contribution < 1.29 is 9.18 Å². The van der Waals surface area contributed by atoms with E-state index >= 15 is 0 Å². The molecule has 2 rings (SSSR count). The van der Waals surface area contributed by atoms with Gasteiger partial charge in [0, 0.05) is 12.5 Å². The summed E-state index contributed by atoms with van der Waals surface area (Å²) in [5.74, 6) is -0.406. The predicted molar refractivity (Wildman–Crippen MR) is 81.4 cm³/mol. The standard InChI is InChI=1S/C16H16FN3O/c1-12(21)16(20-19-14-8-3-2-4-9-14)18-11-13-7-5-6-10-15(13)17/h2-10,19H,11H2,1H3,(H,18,20). The Morgan fingerprint density at radius 3 is 2.43 bits per heavy atom. The van der Waals surface area contributed by atoms with E-state index in [1.807, 2.05) is 30.3 Å². The molecule has 4 nitrogen and oxygen atoms in total. The van der Waals surface area contributed by atoms with Crippen LogP contribution >= 0.6 is 0 Å². The van der Waals surface area contributed by atoms with Crippen molar-refractivity contribution >= 4 is 17.3 Å². The number of carbonyl (C=O) groups is 1. The zero-order chi connectivity index (χ0) is 15.1. The van der Waals surface area contributed by atoms with E-state index in [9.17, 15) is 9.18 Å². The zero-order valence-electron chi connectivity index (χ0n) is 11.6. The van der Waals surface area contributed by atoms with Crippen LogP contribution in [0.4, 0.5) is 10.1 Å². The molecule has 0 aliphatic carbocycles. The number of hydrogen-bond acceptors (Lipinski definition) is 3. The van der Waals surface area contributed by atoms with Crippen molar-refractivity contribution in [1.82, 2.24) is 5.43 Å². The van der Waals surface area contributed by atoms with E-state index in [2.05, 4.69) is 15.8 Å². The number of Topliss-reactive ketones (excluding diaryl/α,β-unsaturated/α-hetero) is 1. The Hall–Kier alpha value is -2.69. The van der Waals surface area contributed by atoms with E-state index in [1.165, 1.54) is 13.0 Å². The van der Waals surface area contributed by atoms with E-state index in [1.54, 1.807) is 18.2 Å². The van der Waals surface area contributed by atoms with Crippen molar-refractivity contribution in [3.05, 3.63) is 66.0 Å². The molecule has 0 aliphatic rings. The van der Waals surface area contributed by atoms with E-state index in [4.69, 9.17) is 0 Å². The second kappa shape index (κ2) is 7.19. The summed E-state index contributed by atoms with van der Waals surface area (Å²) in [7, 11) is 0. The number of ketones is 1. The molecule has 2 aromatic carbocycles. The summed E-state index contributed by atoms with van der Waals surface area (Å²) in [6.45, 7) is 1.50. The summed E-state index contributed by atoms with van der Waals surface area (Å²) in [5.41, 5.74) is 6.88. The maximum atomic E-state index is 13.5. The maximum Gasteiger partial charge on any atom is 0.196 e. The summed E-state index contributed by atoms with van der Waals surface area (Å²) in [6.07, 6.45) is 0. The molecule has 108 valence electrons. The Kier molecular flexibility index (Phi) is 5.04. The second-order valence-electron chi connectivity index (χ2n) is 4.43. The van der Waals surface area contributed by atoms with Crippen molar-refractivity contribution in [2.75, 3.05) is 5.43 Å². The lowest BCUT2D eigenvalue weighted by atomic mass is 10.2. The van der Waals surface area contributed by atoms with Crippen molar-refractivity contribution in [3.8, 4) is 0 Å². The number of nitrogens with one attached hydrogen (secondary N) is 2. The van der Waals surface area contributed by atoms with Gasteiger partial charge < -0.3 is 0 Å². The molecule has 5 heteroatoms. The lowest BCUT2D eigenvalue weighted by molar-refractivity contribution is -0.111. The number of para-hydroxylation sites is 1. The van der Waals surface area contributed by atoms with Gasteiger partial charge in [-0.2, -0.15) is 0 Å². The van der Waals surface area contributed by atoms with Gasteiger partial charge in [0.1, 0.15) is 5.82 Å². The van der Waals surface area contributed by atoms with Crippen LogP contribution in [0.15, 0.2) is 59.6 Å². The molecule has 0 bridgehead atoms. The number of aliphatic imine (C=N–C) groups is 1. The van der Waals surface area contributed by atoms with Gasteiger partial charge >= 0.3 is 0 Å². The third-order valence-corrected chi connectivity index (χ3v) is 2.80. The molecule has 2 N–H and O–H groups in total. The zero-order valence-corrected chi connectivity index (χ0v) is 11.6. The minimum atomic E-state index is -0.333. The van der Waals surface area contributed by atoms with E-state index in [0.717, 1.165) is 5.69 Å². The molecule has 0 aromatic heterocycles. The van der Waals surface area contributed by atoms with Crippen LogP contribution in [0, 0.1) is 5.82 Å². The van der Waals surface area contributed by atoms with Gasteiger partial charge in [0.15, 0.2) is 11.6 Å². The summed E-state index contributed by atoms with van der Waals surface area (Å²) >= 11 is 0. The fraction of sp³-hybridized carbons (Fsp3) is 0.125. The minimum absolute atomic E-state index is 0.102. The first-order valence-corrected chi connectivity index (χ1v) is 6.52. The van der Waals surface area contributed by atoms with Crippen LogP contribution in [-0.2, 0) is 11.3 Å². The van der Waals surface area contributed by atoms with Crippen molar-refractivity contribution in [2.24, 2.45) is 4.99 Å². The minimum Gasteiger partial charge on any atom is -0.300 e. The Labute approximate surface area is 122 Å². The highest BCUT2D eigenvalue weighted by atomic mass is 19.1. The fourth-order valence-electron chi connectivity index (χ4n) is 1.68. The predicted octanol–water partition coefficient (Wildman–Crippen LogP) is 2.93. The third kappa shape index (κ3) is 4.42. The first-order chi connectivity index (χ1) is 10.2. The van der Waals surface area contributed by atoms with Crippen molar-refractivity contribution in [1.29, 1.82) is 0 Å². The topological polar surface area (TPSA) is 53.5 Å². The normalized spacial score (nSPS) is 11.0. The van der Waals surface area contributed by atoms with Gasteiger partial charge in [-0.3, -0.25) is 20.6 Å². The number of amidine groups is 1. The number of halogens is 1. The van der Waals surface area contributed by atoms with Gasteiger partial charge in [0.2, 0.25) is 0 Å². The van der Waals surface area contributed by atoms with Crippen LogP contribution in [0.2, 0.25) is 0 Å². The lowest BCUT2D eigenvalue weighted by Crippen LogP contribution is -2.34. The van der Waals surface area contributed by atoms with Crippen LogP contribution in [0.1, 0.15) is 12.5 Å². The molecule has 2 aromatic rings. The van der Waals surface area contributed by atoms with Crippen molar-refractivity contribution in [2.45, 2.75) is 13.5 Å². The summed E-state index contributed by atoms with van der Waals surface area (Å²) in [6, 6.07) is 15.7. The van der Waals surface area contributed by atoms with Gasteiger partial charge in [-0.15, -0.1) is 0 Å². The third-order valence-electron chi connectivity index (χ3n) is 2.80.